The summed E-state index contributed by atoms with van der Waals surface area (Å²) in [5, 5.41) is 2.77. The molecule has 1 N–H and O–H groups in total. The van der Waals surface area contributed by atoms with Gasteiger partial charge in [0.05, 0.1) is 12.4 Å². The van der Waals surface area contributed by atoms with Crippen LogP contribution >= 0.6 is 11.8 Å². The molecular weight excluding hydrogens is 264 g/mol. The van der Waals surface area contributed by atoms with Crippen molar-refractivity contribution in [3.05, 3.63) is 24.5 Å². The number of pyridine rings is 1. The van der Waals surface area contributed by atoms with E-state index in [0.717, 1.165) is 4.90 Å². The molecule has 1 aromatic rings. The van der Waals surface area contributed by atoms with Gasteiger partial charge in [0.1, 0.15) is 0 Å². The van der Waals surface area contributed by atoms with Crippen LogP contribution in [0.25, 0.3) is 0 Å². The van der Waals surface area contributed by atoms with Crippen LogP contribution in [0.1, 0.15) is 19.8 Å². The number of nitrogens with one attached hydrogen (secondary N) is 1. The lowest BCUT2D eigenvalue weighted by molar-refractivity contribution is -0.143. The molecule has 0 bridgehead atoms. The van der Waals surface area contributed by atoms with Gasteiger partial charge in [0, 0.05) is 30.3 Å². The molecule has 0 aromatic carbocycles. The van der Waals surface area contributed by atoms with Crippen LogP contribution in [0.4, 0.5) is 0 Å². The normalized spacial score (nSPS) is 9.95. The van der Waals surface area contributed by atoms with E-state index in [1.165, 1.54) is 11.8 Å². The highest BCUT2D eigenvalue weighted by Gasteiger charge is 2.04. The number of aromatic nitrogens is 1. The summed E-state index contributed by atoms with van der Waals surface area (Å²) < 4.78 is 4.79. The lowest BCUT2D eigenvalue weighted by Crippen LogP contribution is -2.26. The number of carbonyl (C=O) groups excluding carboxylic acids is 2. The van der Waals surface area contributed by atoms with Gasteiger partial charge in [-0.1, -0.05) is 0 Å². The minimum atomic E-state index is -0.220. The Morgan fingerprint density at radius 2 is 2.11 bits per heavy atom. The molecule has 0 aliphatic heterocycles. The molecule has 0 aliphatic rings. The molecule has 104 valence electrons. The first-order valence-electron chi connectivity index (χ1n) is 6.17. The molecule has 1 amide bonds. The Morgan fingerprint density at radius 1 is 1.37 bits per heavy atom. The smallest absolute Gasteiger partial charge is 0.305 e. The van der Waals surface area contributed by atoms with E-state index in [1.807, 2.05) is 12.1 Å². The lowest BCUT2D eigenvalue weighted by Gasteiger charge is -2.05. The van der Waals surface area contributed by atoms with Crippen molar-refractivity contribution in [3.8, 4) is 0 Å². The highest BCUT2D eigenvalue weighted by atomic mass is 32.2. The van der Waals surface area contributed by atoms with E-state index < -0.39 is 0 Å². The van der Waals surface area contributed by atoms with E-state index in [-0.39, 0.29) is 11.9 Å². The van der Waals surface area contributed by atoms with Gasteiger partial charge in [-0.3, -0.25) is 14.6 Å². The van der Waals surface area contributed by atoms with Gasteiger partial charge in [0.25, 0.3) is 0 Å². The molecule has 0 unspecified atom stereocenters. The summed E-state index contributed by atoms with van der Waals surface area (Å²) in [6, 6.07) is 3.72. The standard InChI is InChI=1S/C13H18N2O3S/c1-2-18-13(17)4-3-7-15-12(16)10-19-11-5-8-14-9-6-11/h5-6,8-9H,2-4,7,10H2,1H3,(H,15,16). The Balaban J connectivity index is 2.07. The van der Waals surface area contributed by atoms with Crippen molar-refractivity contribution in [2.45, 2.75) is 24.7 Å². The molecule has 19 heavy (non-hydrogen) atoms. The van der Waals surface area contributed by atoms with Crippen molar-refractivity contribution in [1.82, 2.24) is 10.3 Å². The van der Waals surface area contributed by atoms with Crippen LogP contribution in [0.5, 0.6) is 0 Å². The van der Waals surface area contributed by atoms with E-state index in [0.29, 0.717) is 31.7 Å². The predicted octanol–water partition coefficient (Wildman–Crippen LogP) is 1.63. The van der Waals surface area contributed by atoms with Crippen LogP contribution < -0.4 is 5.32 Å². The minimum absolute atomic E-state index is 0.0364. The number of thioether (sulfide) groups is 1. The third-order valence-electron chi connectivity index (χ3n) is 2.20. The summed E-state index contributed by atoms with van der Waals surface area (Å²) in [7, 11) is 0. The second-order valence-corrected chi connectivity index (χ2v) is 4.78. The van der Waals surface area contributed by atoms with Crippen LogP contribution in [0.2, 0.25) is 0 Å². The maximum Gasteiger partial charge on any atom is 0.305 e. The number of hydrogen-bond acceptors (Lipinski definition) is 5. The highest BCUT2D eigenvalue weighted by Crippen LogP contribution is 2.15. The number of amides is 1. The van der Waals surface area contributed by atoms with Crippen LogP contribution in [-0.2, 0) is 14.3 Å². The fourth-order valence-corrected chi connectivity index (χ4v) is 2.04. The molecule has 0 atom stereocenters. The average molecular weight is 282 g/mol. The number of esters is 1. The molecule has 1 aromatic heterocycles. The fourth-order valence-electron chi connectivity index (χ4n) is 1.33. The van der Waals surface area contributed by atoms with Crippen LogP contribution in [-0.4, -0.2) is 35.8 Å². The zero-order valence-corrected chi connectivity index (χ0v) is 11.7. The van der Waals surface area contributed by atoms with Crippen molar-refractivity contribution in [2.75, 3.05) is 18.9 Å². The van der Waals surface area contributed by atoms with Crippen LogP contribution in [0.3, 0.4) is 0 Å². The average Bonchev–Trinajstić information content (AvgIpc) is 2.43. The van der Waals surface area contributed by atoms with Gasteiger partial charge in [-0.15, -0.1) is 11.8 Å². The topological polar surface area (TPSA) is 68.3 Å². The van der Waals surface area contributed by atoms with Gasteiger partial charge >= 0.3 is 5.97 Å². The Morgan fingerprint density at radius 3 is 2.79 bits per heavy atom. The van der Waals surface area contributed by atoms with E-state index >= 15 is 0 Å². The van der Waals surface area contributed by atoms with Crippen molar-refractivity contribution >= 4 is 23.6 Å². The molecule has 0 radical (unpaired) electrons. The van der Waals surface area contributed by atoms with E-state index in [1.54, 1.807) is 19.3 Å². The van der Waals surface area contributed by atoms with Crippen molar-refractivity contribution in [3.63, 3.8) is 0 Å². The third kappa shape index (κ3) is 7.46. The molecule has 0 spiro atoms. The van der Waals surface area contributed by atoms with Gasteiger partial charge < -0.3 is 10.1 Å². The maximum absolute atomic E-state index is 11.5. The SMILES string of the molecule is CCOC(=O)CCCNC(=O)CSc1ccncc1. The zero-order valence-electron chi connectivity index (χ0n) is 10.9. The molecule has 5 nitrogen and oxygen atoms in total. The van der Waals surface area contributed by atoms with Crippen LogP contribution in [0, 0.1) is 0 Å². The molecule has 1 rings (SSSR count). The molecule has 0 saturated carbocycles. The van der Waals surface area contributed by atoms with E-state index in [9.17, 15) is 9.59 Å². The van der Waals surface area contributed by atoms with Crippen molar-refractivity contribution in [2.24, 2.45) is 0 Å². The minimum Gasteiger partial charge on any atom is -0.466 e. The molecule has 0 saturated heterocycles. The second-order valence-electron chi connectivity index (χ2n) is 3.73. The monoisotopic (exact) mass is 282 g/mol. The second kappa shape index (κ2) is 9.38. The summed E-state index contributed by atoms with van der Waals surface area (Å²) in [5.74, 6) is 0.109. The quantitative estimate of drug-likeness (QED) is 0.446. The maximum atomic E-state index is 11.5. The first kappa shape index (κ1) is 15.5. The van der Waals surface area contributed by atoms with Crippen molar-refractivity contribution in [1.29, 1.82) is 0 Å². The number of ether oxygens (including phenoxy) is 1. The van der Waals surface area contributed by atoms with Gasteiger partial charge in [-0.2, -0.15) is 0 Å². The summed E-state index contributed by atoms with van der Waals surface area (Å²) in [5.41, 5.74) is 0. The van der Waals surface area contributed by atoms with Gasteiger partial charge in [0.15, 0.2) is 0 Å². The highest BCUT2D eigenvalue weighted by molar-refractivity contribution is 8.00. The molecule has 1 heterocycles. The van der Waals surface area contributed by atoms with Crippen molar-refractivity contribution < 1.29 is 14.3 Å². The Labute approximate surface area is 117 Å². The van der Waals surface area contributed by atoms with Gasteiger partial charge in [-0.05, 0) is 25.5 Å². The molecule has 6 heteroatoms. The fraction of sp³-hybridized carbons (Fsp3) is 0.462. The summed E-state index contributed by atoms with van der Waals surface area (Å²) >= 11 is 1.46. The third-order valence-corrected chi connectivity index (χ3v) is 3.22. The van der Waals surface area contributed by atoms with E-state index in [4.69, 9.17) is 4.74 Å². The first-order chi connectivity index (χ1) is 9.22. The lowest BCUT2D eigenvalue weighted by atomic mass is 10.3. The number of rotatable bonds is 8. The largest absolute Gasteiger partial charge is 0.466 e. The first-order valence-corrected chi connectivity index (χ1v) is 7.16. The number of nitrogens with zero attached hydrogens (tertiary/aromatic N) is 1. The summed E-state index contributed by atoms with van der Waals surface area (Å²) in [4.78, 5) is 27.5. The Hall–Kier alpha value is -1.56. The Kier molecular flexibility index (Phi) is 7.65. The van der Waals surface area contributed by atoms with Gasteiger partial charge in [-0.25, -0.2) is 0 Å². The Bertz CT molecular complexity index is 398. The molecular formula is C13H18N2O3S. The van der Waals surface area contributed by atoms with E-state index in [2.05, 4.69) is 10.3 Å². The summed E-state index contributed by atoms with van der Waals surface area (Å²) in [6.45, 7) is 2.66. The van der Waals surface area contributed by atoms with Gasteiger partial charge in [0.2, 0.25) is 5.91 Å². The molecule has 0 aliphatic carbocycles. The molecule has 0 fully saturated rings. The zero-order chi connectivity index (χ0) is 13.9. The summed E-state index contributed by atoms with van der Waals surface area (Å²) in [6.07, 6.45) is 4.33. The van der Waals surface area contributed by atoms with Crippen LogP contribution in [0.15, 0.2) is 29.4 Å². The number of carbonyl (C=O) groups is 2. The predicted molar refractivity (Wildman–Crippen MR) is 73.8 cm³/mol. The number of hydrogen-bond donors (Lipinski definition) is 1.